The quantitative estimate of drug-likeness (QED) is 0.816. The number of carboxylic acids is 1. The lowest BCUT2D eigenvalue weighted by atomic mass is 10.1. The molecule has 1 aliphatic rings. The van der Waals surface area contributed by atoms with Crippen molar-refractivity contribution in [2.45, 2.75) is 38.4 Å². The number of carboxylic acid groups (broad SMARTS) is 1. The molecular formula is C14H19NO4. The predicted molar refractivity (Wildman–Crippen MR) is 71.5 cm³/mol. The zero-order chi connectivity index (χ0) is 14.0. The zero-order valence-corrected chi connectivity index (χ0v) is 11.2. The van der Waals surface area contributed by atoms with Crippen LogP contribution in [0, 0.1) is 0 Å². The molecule has 19 heavy (non-hydrogen) atoms. The van der Waals surface area contributed by atoms with E-state index in [0.717, 1.165) is 12.8 Å². The second-order valence-electron chi connectivity index (χ2n) is 5.41. The van der Waals surface area contributed by atoms with E-state index in [4.69, 9.17) is 20.3 Å². The van der Waals surface area contributed by atoms with Gasteiger partial charge in [0.15, 0.2) is 0 Å². The average Bonchev–Trinajstić information content (AvgIpc) is 2.67. The molecule has 1 aromatic carbocycles. The first-order valence-corrected chi connectivity index (χ1v) is 6.31. The third-order valence-electron chi connectivity index (χ3n) is 3.24. The van der Waals surface area contributed by atoms with Gasteiger partial charge in [0.25, 0.3) is 0 Å². The van der Waals surface area contributed by atoms with Crippen LogP contribution in [-0.4, -0.2) is 29.4 Å². The Bertz CT molecular complexity index is 484. The molecule has 1 fully saturated rings. The molecule has 1 saturated heterocycles. The number of benzene rings is 1. The molecule has 1 aliphatic heterocycles. The van der Waals surface area contributed by atoms with Crippen LogP contribution < -0.4 is 10.5 Å². The number of nitrogens with two attached hydrogens (primary N) is 1. The van der Waals surface area contributed by atoms with Crippen LogP contribution in [0.4, 0.5) is 5.69 Å². The molecule has 0 radical (unpaired) electrons. The van der Waals surface area contributed by atoms with Gasteiger partial charge < -0.3 is 20.3 Å². The van der Waals surface area contributed by atoms with Gasteiger partial charge in [-0.25, -0.2) is 4.79 Å². The minimum absolute atomic E-state index is 0.0635. The average molecular weight is 265 g/mol. The van der Waals surface area contributed by atoms with Gasteiger partial charge in [-0.3, -0.25) is 0 Å². The predicted octanol–water partition coefficient (Wildman–Crippen LogP) is 2.30. The zero-order valence-electron chi connectivity index (χ0n) is 11.2. The van der Waals surface area contributed by atoms with Crippen LogP contribution in [0.5, 0.6) is 5.75 Å². The van der Waals surface area contributed by atoms with Gasteiger partial charge in [-0.05, 0) is 44.9 Å². The van der Waals surface area contributed by atoms with E-state index < -0.39 is 5.97 Å². The molecule has 5 nitrogen and oxygen atoms in total. The first kappa shape index (κ1) is 13.7. The standard InChI is InChI=1S/C14H19NO4/c1-14(2)6-5-10(19-14)8-18-12-4-3-9(13(16)17)7-11(12)15/h3-4,7,10H,5-6,8,15H2,1-2H3,(H,16,17). The highest BCUT2D eigenvalue weighted by Gasteiger charge is 2.31. The third-order valence-corrected chi connectivity index (χ3v) is 3.24. The Morgan fingerprint density at radius 3 is 2.84 bits per heavy atom. The van der Waals surface area contributed by atoms with Crippen molar-refractivity contribution >= 4 is 11.7 Å². The molecule has 104 valence electrons. The van der Waals surface area contributed by atoms with E-state index in [1.54, 1.807) is 6.07 Å². The Morgan fingerprint density at radius 2 is 2.32 bits per heavy atom. The Hall–Kier alpha value is -1.75. The van der Waals surface area contributed by atoms with Gasteiger partial charge in [0.05, 0.1) is 23.0 Å². The molecule has 0 aliphatic carbocycles. The van der Waals surface area contributed by atoms with Crippen molar-refractivity contribution in [3.05, 3.63) is 23.8 Å². The van der Waals surface area contributed by atoms with Crippen molar-refractivity contribution < 1.29 is 19.4 Å². The van der Waals surface area contributed by atoms with Crippen LogP contribution in [0.25, 0.3) is 0 Å². The summed E-state index contributed by atoms with van der Waals surface area (Å²) in [4.78, 5) is 10.8. The Balaban J connectivity index is 1.95. The SMILES string of the molecule is CC1(C)CCC(COc2ccc(C(=O)O)cc2N)O1. The number of hydrogen-bond acceptors (Lipinski definition) is 4. The fourth-order valence-corrected chi connectivity index (χ4v) is 2.19. The first-order valence-electron chi connectivity index (χ1n) is 6.31. The van der Waals surface area contributed by atoms with Crippen LogP contribution >= 0.6 is 0 Å². The molecular weight excluding hydrogens is 246 g/mol. The number of aromatic carboxylic acids is 1. The van der Waals surface area contributed by atoms with E-state index in [1.807, 2.05) is 0 Å². The summed E-state index contributed by atoms with van der Waals surface area (Å²) in [5, 5.41) is 8.84. The normalized spacial score (nSPS) is 21.3. The minimum Gasteiger partial charge on any atom is -0.489 e. The summed E-state index contributed by atoms with van der Waals surface area (Å²) in [6.07, 6.45) is 2.03. The lowest BCUT2D eigenvalue weighted by molar-refractivity contribution is -0.0325. The van der Waals surface area contributed by atoms with Gasteiger partial charge in [-0.2, -0.15) is 0 Å². The topological polar surface area (TPSA) is 81.8 Å². The maximum Gasteiger partial charge on any atom is 0.335 e. The van der Waals surface area contributed by atoms with Crippen molar-refractivity contribution in [1.29, 1.82) is 0 Å². The smallest absolute Gasteiger partial charge is 0.335 e. The highest BCUT2D eigenvalue weighted by Crippen LogP contribution is 2.30. The van der Waals surface area contributed by atoms with Gasteiger partial charge in [0, 0.05) is 0 Å². The Labute approximate surface area is 112 Å². The molecule has 3 N–H and O–H groups in total. The summed E-state index contributed by atoms with van der Waals surface area (Å²) in [7, 11) is 0. The van der Waals surface area contributed by atoms with Crippen molar-refractivity contribution in [1.82, 2.24) is 0 Å². The van der Waals surface area contributed by atoms with Crippen LogP contribution in [-0.2, 0) is 4.74 Å². The molecule has 1 aromatic rings. The van der Waals surface area contributed by atoms with Gasteiger partial charge >= 0.3 is 5.97 Å². The first-order chi connectivity index (χ1) is 8.87. The Morgan fingerprint density at radius 1 is 1.58 bits per heavy atom. The number of hydrogen-bond donors (Lipinski definition) is 2. The summed E-state index contributed by atoms with van der Waals surface area (Å²) in [5.74, 6) is -0.502. The highest BCUT2D eigenvalue weighted by molar-refractivity contribution is 5.89. The summed E-state index contributed by atoms with van der Waals surface area (Å²) in [6.45, 7) is 4.55. The van der Waals surface area contributed by atoms with Crippen LogP contribution in [0.15, 0.2) is 18.2 Å². The summed E-state index contributed by atoms with van der Waals surface area (Å²) in [6, 6.07) is 4.46. The van der Waals surface area contributed by atoms with E-state index in [1.165, 1.54) is 12.1 Å². The maximum absolute atomic E-state index is 10.8. The van der Waals surface area contributed by atoms with E-state index in [2.05, 4.69) is 13.8 Å². The fraction of sp³-hybridized carbons (Fsp3) is 0.500. The van der Waals surface area contributed by atoms with E-state index in [-0.39, 0.29) is 17.3 Å². The molecule has 0 amide bonds. The minimum atomic E-state index is -1.00. The monoisotopic (exact) mass is 265 g/mol. The van der Waals surface area contributed by atoms with Gasteiger partial charge in [-0.15, -0.1) is 0 Å². The molecule has 0 saturated carbocycles. The maximum atomic E-state index is 10.8. The fourth-order valence-electron chi connectivity index (χ4n) is 2.19. The van der Waals surface area contributed by atoms with E-state index >= 15 is 0 Å². The van der Waals surface area contributed by atoms with Crippen LogP contribution in [0.1, 0.15) is 37.0 Å². The van der Waals surface area contributed by atoms with Crippen molar-refractivity contribution in [2.75, 3.05) is 12.3 Å². The second-order valence-corrected chi connectivity index (χ2v) is 5.41. The number of ether oxygens (including phenoxy) is 2. The van der Waals surface area contributed by atoms with Crippen molar-refractivity contribution in [3.8, 4) is 5.75 Å². The molecule has 5 heteroatoms. The molecule has 0 aromatic heterocycles. The van der Waals surface area contributed by atoms with Crippen LogP contribution in [0.3, 0.4) is 0 Å². The van der Waals surface area contributed by atoms with Gasteiger partial charge in [0.2, 0.25) is 0 Å². The number of anilines is 1. The Kier molecular flexibility index (Phi) is 3.66. The van der Waals surface area contributed by atoms with Gasteiger partial charge in [0.1, 0.15) is 12.4 Å². The lowest BCUT2D eigenvalue weighted by Gasteiger charge is -2.19. The molecule has 0 spiro atoms. The molecule has 1 atom stereocenters. The largest absolute Gasteiger partial charge is 0.489 e. The molecule has 0 bridgehead atoms. The number of carbonyl (C=O) groups is 1. The highest BCUT2D eigenvalue weighted by atomic mass is 16.6. The second kappa shape index (κ2) is 5.09. The van der Waals surface area contributed by atoms with Gasteiger partial charge in [-0.1, -0.05) is 0 Å². The van der Waals surface area contributed by atoms with Crippen LogP contribution in [0.2, 0.25) is 0 Å². The van der Waals surface area contributed by atoms with E-state index in [9.17, 15) is 4.79 Å². The summed E-state index contributed by atoms with van der Waals surface area (Å²) < 4.78 is 11.4. The van der Waals surface area contributed by atoms with Crippen molar-refractivity contribution in [3.63, 3.8) is 0 Å². The number of rotatable bonds is 4. The third kappa shape index (κ3) is 3.38. The van der Waals surface area contributed by atoms with E-state index in [0.29, 0.717) is 18.0 Å². The van der Waals surface area contributed by atoms with Crippen molar-refractivity contribution in [2.24, 2.45) is 0 Å². The molecule has 2 rings (SSSR count). The molecule has 1 unspecified atom stereocenters. The summed E-state index contributed by atoms with van der Waals surface area (Å²) in [5.41, 5.74) is 6.16. The number of nitrogen functional groups attached to an aromatic ring is 1. The summed E-state index contributed by atoms with van der Waals surface area (Å²) >= 11 is 0. The molecule has 1 heterocycles. The lowest BCUT2D eigenvalue weighted by Crippen LogP contribution is -2.24.